The second-order valence-corrected chi connectivity index (χ2v) is 4.74. The zero-order valence-corrected chi connectivity index (χ0v) is 11.3. The van der Waals surface area contributed by atoms with Crippen LogP contribution < -0.4 is 0 Å². The van der Waals surface area contributed by atoms with Crippen LogP contribution in [-0.4, -0.2) is 19.6 Å². The fourth-order valence-electron chi connectivity index (χ4n) is 2.03. The molecular weight excluding hydrogens is 260 g/mol. The zero-order valence-electron chi connectivity index (χ0n) is 10.5. The number of fused-ring (bicyclic) bond motifs is 1. The van der Waals surface area contributed by atoms with Gasteiger partial charge in [-0.3, -0.25) is 4.98 Å². The van der Waals surface area contributed by atoms with E-state index in [-0.39, 0.29) is 0 Å². The van der Waals surface area contributed by atoms with Gasteiger partial charge in [-0.05, 0) is 24.6 Å². The van der Waals surface area contributed by atoms with Crippen molar-refractivity contribution in [2.75, 3.05) is 0 Å². The van der Waals surface area contributed by atoms with Crippen LogP contribution in [0.5, 0.6) is 0 Å². The van der Waals surface area contributed by atoms with E-state index in [1.165, 1.54) is 0 Å². The second-order valence-electron chi connectivity index (χ2n) is 4.36. The van der Waals surface area contributed by atoms with Crippen LogP contribution in [0, 0.1) is 0 Å². The first-order valence-electron chi connectivity index (χ1n) is 6.23. The van der Waals surface area contributed by atoms with Gasteiger partial charge in [-0.25, -0.2) is 9.50 Å². The van der Waals surface area contributed by atoms with Crippen molar-refractivity contribution in [1.82, 2.24) is 19.6 Å². The molecule has 5 heteroatoms. The minimum Gasteiger partial charge on any atom is -0.265 e. The van der Waals surface area contributed by atoms with Crippen LogP contribution >= 0.6 is 11.6 Å². The van der Waals surface area contributed by atoms with E-state index in [0.717, 1.165) is 35.4 Å². The summed E-state index contributed by atoms with van der Waals surface area (Å²) in [6.45, 7) is 2.12. The molecule has 19 heavy (non-hydrogen) atoms. The fraction of sp³-hybridized carbons (Fsp3) is 0.214. The molecule has 0 bridgehead atoms. The topological polar surface area (TPSA) is 43.1 Å². The lowest BCUT2D eigenvalue weighted by Crippen LogP contribution is -1.97. The molecule has 0 atom stereocenters. The Morgan fingerprint density at radius 2 is 2.00 bits per heavy atom. The van der Waals surface area contributed by atoms with Gasteiger partial charge in [0.1, 0.15) is 5.15 Å². The third-order valence-corrected chi connectivity index (χ3v) is 3.19. The van der Waals surface area contributed by atoms with Gasteiger partial charge in [-0.2, -0.15) is 5.10 Å². The average molecular weight is 273 g/mol. The predicted octanol–water partition coefficient (Wildman–Crippen LogP) is 3.40. The Balaban J connectivity index is 2.13. The van der Waals surface area contributed by atoms with Gasteiger partial charge >= 0.3 is 0 Å². The SMILES string of the molecule is CCCc1cc(Cl)n2nc(-c3ccncc3)cc2n1. The highest BCUT2D eigenvalue weighted by atomic mass is 35.5. The lowest BCUT2D eigenvalue weighted by Gasteiger charge is -2.01. The molecule has 0 N–H and O–H groups in total. The highest BCUT2D eigenvalue weighted by Crippen LogP contribution is 2.21. The van der Waals surface area contributed by atoms with Crippen LogP contribution in [0.3, 0.4) is 0 Å². The number of pyridine rings is 1. The van der Waals surface area contributed by atoms with E-state index in [0.29, 0.717) is 5.15 Å². The number of halogens is 1. The normalized spacial score (nSPS) is 11.1. The number of aryl methyl sites for hydroxylation is 1. The van der Waals surface area contributed by atoms with Crippen LogP contribution in [0.1, 0.15) is 19.0 Å². The smallest absolute Gasteiger partial charge is 0.157 e. The van der Waals surface area contributed by atoms with Crippen LogP contribution in [0.4, 0.5) is 0 Å². The first-order chi connectivity index (χ1) is 9.28. The molecule has 0 aliphatic carbocycles. The molecule has 0 fully saturated rings. The third-order valence-electron chi connectivity index (χ3n) is 2.92. The molecule has 0 aliphatic heterocycles. The average Bonchev–Trinajstić information content (AvgIpc) is 2.85. The van der Waals surface area contributed by atoms with Crippen molar-refractivity contribution in [2.24, 2.45) is 0 Å². The minimum atomic E-state index is 0.591. The van der Waals surface area contributed by atoms with Gasteiger partial charge in [-0.15, -0.1) is 0 Å². The number of nitrogens with zero attached hydrogens (tertiary/aromatic N) is 4. The van der Waals surface area contributed by atoms with Crippen molar-refractivity contribution < 1.29 is 0 Å². The monoisotopic (exact) mass is 272 g/mol. The van der Waals surface area contributed by atoms with Gasteiger partial charge in [0.25, 0.3) is 0 Å². The molecule has 96 valence electrons. The Morgan fingerprint density at radius 1 is 1.21 bits per heavy atom. The summed E-state index contributed by atoms with van der Waals surface area (Å²) in [6.07, 6.45) is 5.46. The van der Waals surface area contributed by atoms with E-state index in [2.05, 4.69) is 22.0 Å². The summed E-state index contributed by atoms with van der Waals surface area (Å²) < 4.78 is 1.66. The molecule has 0 saturated heterocycles. The highest BCUT2D eigenvalue weighted by Gasteiger charge is 2.09. The molecule has 0 aromatic carbocycles. The Hall–Kier alpha value is -1.94. The molecular formula is C14H13ClN4. The van der Waals surface area contributed by atoms with Crippen LogP contribution in [0.2, 0.25) is 5.15 Å². The first-order valence-corrected chi connectivity index (χ1v) is 6.61. The lowest BCUT2D eigenvalue weighted by molar-refractivity contribution is 0.859. The van der Waals surface area contributed by atoms with Gasteiger partial charge in [0.2, 0.25) is 0 Å². The zero-order chi connectivity index (χ0) is 13.2. The quantitative estimate of drug-likeness (QED) is 0.687. The fourth-order valence-corrected chi connectivity index (χ4v) is 2.28. The summed E-state index contributed by atoms with van der Waals surface area (Å²) in [5.74, 6) is 0. The standard InChI is InChI=1S/C14H13ClN4/c1-2-3-11-8-13(15)19-14(17-11)9-12(18-19)10-4-6-16-7-5-10/h4-9H,2-3H2,1H3. The maximum atomic E-state index is 6.25. The molecule has 3 aromatic rings. The molecule has 0 saturated carbocycles. The summed E-state index contributed by atoms with van der Waals surface area (Å²) in [6, 6.07) is 7.66. The lowest BCUT2D eigenvalue weighted by atomic mass is 10.2. The number of rotatable bonds is 3. The summed E-state index contributed by atoms with van der Waals surface area (Å²) in [7, 11) is 0. The molecule has 0 radical (unpaired) electrons. The van der Waals surface area contributed by atoms with Crippen molar-refractivity contribution in [1.29, 1.82) is 0 Å². The molecule has 0 amide bonds. The van der Waals surface area contributed by atoms with Crippen LogP contribution in [0.25, 0.3) is 16.9 Å². The maximum Gasteiger partial charge on any atom is 0.157 e. The van der Waals surface area contributed by atoms with Crippen LogP contribution in [-0.2, 0) is 6.42 Å². The molecule has 3 rings (SSSR count). The van der Waals surface area contributed by atoms with E-state index in [9.17, 15) is 0 Å². The van der Waals surface area contributed by atoms with E-state index in [4.69, 9.17) is 11.6 Å². The molecule has 0 aliphatic rings. The summed E-state index contributed by atoms with van der Waals surface area (Å²) in [4.78, 5) is 8.58. The Kier molecular flexibility index (Phi) is 3.17. The Morgan fingerprint density at radius 3 is 2.74 bits per heavy atom. The van der Waals surface area contributed by atoms with E-state index < -0.39 is 0 Å². The molecule has 0 spiro atoms. The van der Waals surface area contributed by atoms with Gasteiger partial charge in [0, 0.05) is 29.7 Å². The van der Waals surface area contributed by atoms with Crippen LogP contribution in [0.15, 0.2) is 36.7 Å². The van der Waals surface area contributed by atoms with Crippen molar-refractivity contribution >= 4 is 17.2 Å². The number of aromatic nitrogens is 4. The number of hydrogen-bond donors (Lipinski definition) is 0. The van der Waals surface area contributed by atoms with Crippen molar-refractivity contribution in [3.05, 3.63) is 47.5 Å². The molecule has 3 aromatic heterocycles. The Bertz CT molecular complexity index is 706. The van der Waals surface area contributed by atoms with E-state index in [1.807, 2.05) is 24.3 Å². The van der Waals surface area contributed by atoms with Gasteiger partial charge < -0.3 is 0 Å². The molecule has 0 unspecified atom stereocenters. The van der Waals surface area contributed by atoms with Gasteiger partial charge in [-0.1, -0.05) is 24.9 Å². The Labute approximate surface area is 116 Å². The van der Waals surface area contributed by atoms with Gasteiger partial charge in [0.05, 0.1) is 5.69 Å². The van der Waals surface area contributed by atoms with Crippen molar-refractivity contribution in [3.8, 4) is 11.3 Å². The first kappa shape index (κ1) is 12.1. The summed E-state index contributed by atoms with van der Waals surface area (Å²) >= 11 is 6.25. The van der Waals surface area contributed by atoms with Crippen molar-refractivity contribution in [2.45, 2.75) is 19.8 Å². The van der Waals surface area contributed by atoms with Gasteiger partial charge in [0.15, 0.2) is 5.65 Å². The van der Waals surface area contributed by atoms with E-state index in [1.54, 1.807) is 16.9 Å². The third kappa shape index (κ3) is 2.31. The number of hydrogen-bond acceptors (Lipinski definition) is 3. The largest absolute Gasteiger partial charge is 0.265 e. The van der Waals surface area contributed by atoms with Crippen molar-refractivity contribution in [3.63, 3.8) is 0 Å². The molecule has 3 heterocycles. The van der Waals surface area contributed by atoms with E-state index >= 15 is 0 Å². The summed E-state index contributed by atoms with van der Waals surface area (Å²) in [5.41, 5.74) is 3.64. The predicted molar refractivity (Wildman–Crippen MR) is 75.2 cm³/mol. The maximum absolute atomic E-state index is 6.25. The second kappa shape index (κ2) is 4.97. The highest BCUT2D eigenvalue weighted by molar-refractivity contribution is 6.29. The molecule has 4 nitrogen and oxygen atoms in total. The minimum absolute atomic E-state index is 0.591. The summed E-state index contributed by atoms with van der Waals surface area (Å²) in [5, 5.41) is 5.07.